The Bertz CT molecular complexity index is 97.7. The SMILES string of the molecule is C#CCOCC(O)CCl. The first-order valence-electron chi connectivity index (χ1n) is 2.56. The number of hydrogen-bond donors (Lipinski definition) is 1. The van der Waals surface area contributed by atoms with Crippen molar-refractivity contribution in [1.29, 1.82) is 0 Å². The first kappa shape index (κ1) is 8.77. The molecule has 2 nitrogen and oxygen atoms in total. The van der Waals surface area contributed by atoms with Crippen molar-refractivity contribution in [3.63, 3.8) is 0 Å². The van der Waals surface area contributed by atoms with Gasteiger partial charge in [0.2, 0.25) is 0 Å². The number of rotatable bonds is 4. The highest BCUT2D eigenvalue weighted by atomic mass is 35.5. The molecule has 0 aliphatic heterocycles. The molecule has 1 unspecified atom stereocenters. The van der Waals surface area contributed by atoms with Gasteiger partial charge < -0.3 is 9.84 Å². The maximum absolute atomic E-state index is 8.76. The van der Waals surface area contributed by atoms with Crippen molar-refractivity contribution < 1.29 is 9.84 Å². The fourth-order valence-electron chi connectivity index (χ4n) is 0.298. The summed E-state index contributed by atoms with van der Waals surface area (Å²) in [6.45, 7) is 0.446. The van der Waals surface area contributed by atoms with E-state index in [1.807, 2.05) is 0 Å². The van der Waals surface area contributed by atoms with Gasteiger partial charge in [0.05, 0.1) is 18.6 Å². The first-order chi connectivity index (χ1) is 4.31. The maximum Gasteiger partial charge on any atom is 0.107 e. The van der Waals surface area contributed by atoms with E-state index >= 15 is 0 Å². The van der Waals surface area contributed by atoms with E-state index < -0.39 is 6.10 Å². The number of terminal acetylenes is 1. The van der Waals surface area contributed by atoms with Crippen LogP contribution in [-0.4, -0.2) is 30.3 Å². The molecule has 0 aliphatic rings. The Labute approximate surface area is 59.8 Å². The Morgan fingerprint density at radius 1 is 1.78 bits per heavy atom. The third-order valence-corrected chi connectivity index (χ3v) is 1.03. The molecule has 0 rings (SSSR count). The molecule has 0 aromatic carbocycles. The number of halogens is 1. The minimum Gasteiger partial charge on any atom is -0.389 e. The molecule has 0 fully saturated rings. The Morgan fingerprint density at radius 3 is 2.89 bits per heavy atom. The van der Waals surface area contributed by atoms with Gasteiger partial charge in [0.1, 0.15) is 6.61 Å². The zero-order chi connectivity index (χ0) is 7.11. The van der Waals surface area contributed by atoms with Gasteiger partial charge in [-0.15, -0.1) is 18.0 Å². The van der Waals surface area contributed by atoms with Crippen LogP contribution in [0.4, 0.5) is 0 Å². The van der Waals surface area contributed by atoms with Crippen molar-refractivity contribution >= 4 is 11.6 Å². The van der Waals surface area contributed by atoms with Gasteiger partial charge >= 0.3 is 0 Å². The van der Waals surface area contributed by atoms with Gasteiger partial charge in [0, 0.05) is 0 Å². The molecule has 0 aliphatic carbocycles. The molecule has 0 saturated heterocycles. The highest BCUT2D eigenvalue weighted by Crippen LogP contribution is 1.87. The van der Waals surface area contributed by atoms with Crippen molar-refractivity contribution in [2.75, 3.05) is 19.1 Å². The lowest BCUT2D eigenvalue weighted by Crippen LogP contribution is -2.16. The van der Waals surface area contributed by atoms with E-state index in [-0.39, 0.29) is 19.1 Å². The smallest absolute Gasteiger partial charge is 0.107 e. The number of aliphatic hydroxyl groups excluding tert-OH is 1. The summed E-state index contributed by atoms with van der Waals surface area (Å²) in [6.07, 6.45) is 4.27. The molecule has 3 heteroatoms. The highest BCUT2D eigenvalue weighted by molar-refractivity contribution is 6.18. The molecular formula is C6H9ClO2. The van der Waals surface area contributed by atoms with Crippen molar-refractivity contribution in [3.05, 3.63) is 0 Å². The fraction of sp³-hybridized carbons (Fsp3) is 0.667. The summed E-state index contributed by atoms with van der Waals surface area (Å²) in [5.74, 6) is 2.46. The molecule has 52 valence electrons. The van der Waals surface area contributed by atoms with Crippen molar-refractivity contribution in [2.45, 2.75) is 6.10 Å². The van der Waals surface area contributed by atoms with Gasteiger partial charge in [-0.1, -0.05) is 5.92 Å². The van der Waals surface area contributed by atoms with E-state index in [9.17, 15) is 0 Å². The molecule has 1 atom stereocenters. The van der Waals surface area contributed by atoms with E-state index in [1.165, 1.54) is 0 Å². The second-order valence-corrected chi connectivity index (χ2v) is 1.84. The molecule has 0 amide bonds. The van der Waals surface area contributed by atoms with E-state index in [0.29, 0.717) is 0 Å². The number of ether oxygens (including phenoxy) is 1. The third-order valence-electron chi connectivity index (χ3n) is 0.674. The summed E-state index contributed by atoms with van der Waals surface area (Å²) in [7, 11) is 0. The number of alkyl halides is 1. The zero-order valence-corrected chi connectivity index (χ0v) is 5.77. The van der Waals surface area contributed by atoms with Crippen LogP contribution < -0.4 is 0 Å². The lowest BCUT2D eigenvalue weighted by molar-refractivity contribution is 0.0640. The molecule has 0 aromatic rings. The van der Waals surface area contributed by atoms with Crippen LogP contribution in [0.2, 0.25) is 0 Å². The van der Waals surface area contributed by atoms with Crippen LogP contribution in [0, 0.1) is 12.3 Å². The summed E-state index contributed by atoms with van der Waals surface area (Å²) in [6, 6.07) is 0. The molecule has 0 radical (unpaired) electrons. The largest absolute Gasteiger partial charge is 0.389 e. The Balaban J connectivity index is 2.99. The van der Waals surface area contributed by atoms with Crippen molar-refractivity contribution in [2.24, 2.45) is 0 Å². The Hall–Kier alpha value is -0.230. The van der Waals surface area contributed by atoms with Crippen LogP contribution in [-0.2, 0) is 4.74 Å². The molecule has 0 heterocycles. The van der Waals surface area contributed by atoms with Crippen LogP contribution in [0.25, 0.3) is 0 Å². The second kappa shape index (κ2) is 5.90. The van der Waals surface area contributed by atoms with E-state index in [4.69, 9.17) is 27.9 Å². The van der Waals surface area contributed by atoms with E-state index in [1.54, 1.807) is 0 Å². The summed E-state index contributed by atoms with van der Waals surface area (Å²) in [5.41, 5.74) is 0. The van der Waals surface area contributed by atoms with Crippen molar-refractivity contribution in [1.82, 2.24) is 0 Å². The lowest BCUT2D eigenvalue weighted by Gasteiger charge is -2.03. The van der Waals surface area contributed by atoms with Crippen LogP contribution in [0.1, 0.15) is 0 Å². The summed E-state index contributed by atoms with van der Waals surface area (Å²) in [5, 5.41) is 8.76. The minimum absolute atomic E-state index is 0.185. The lowest BCUT2D eigenvalue weighted by atomic mass is 10.4. The first-order valence-corrected chi connectivity index (χ1v) is 3.10. The molecule has 1 N–H and O–H groups in total. The molecule has 0 aromatic heterocycles. The predicted molar refractivity (Wildman–Crippen MR) is 36.4 cm³/mol. The summed E-state index contributed by atoms with van der Waals surface area (Å²) < 4.78 is 4.76. The molecule has 9 heavy (non-hydrogen) atoms. The molecule has 0 saturated carbocycles. The van der Waals surface area contributed by atoms with Crippen LogP contribution in [0.3, 0.4) is 0 Å². The molecule has 0 spiro atoms. The predicted octanol–water partition coefficient (Wildman–Crippen LogP) is 0.236. The topological polar surface area (TPSA) is 29.5 Å². The van der Waals surface area contributed by atoms with Gasteiger partial charge in [0.15, 0.2) is 0 Å². The molecule has 0 bridgehead atoms. The van der Waals surface area contributed by atoms with Crippen LogP contribution in [0.5, 0.6) is 0 Å². The molecular weight excluding hydrogens is 140 g/mol. The average Bonchev–Trinajstić information content (AvgIpc) is 1.89. The third kappa shape index (κ3) is 5.64. The van der Waals surface area contributed by atoms with Crippen LogP contribution in [0.15, 0.2) is 0 Å². The summed E-state index contributed by atoms with van der Waals surface area (Å²) in [4.78, 5) is 0. The average molecular weight is 149 g/mol. The maximum atomic E-state index is 8.76. The van der Waals surface area contributed by atoms with E-state index in [2.05, 4.69) is 5.92 Å². The van der Waals surface area contributed by atoms with Crippen LogP contribution >= 0.6 is 11.6 Å². The van der Waals surface area contributed by atoms with Gasteiger partial charge in [-0.2, -0.15) is 0 Å². The number of aliphatic hydroxyl groups is 1. The second-order valence-electron chi connectivity index (χ2n) is 1.53. The van der Waals surface area contributed by atoms with Gasteiger partial charge in [-0.05, 0) is 0 Å². The monoisotopic (exact) mass is 148 g/mol. The quantitative estimate of drug-likeness (QED) is 0.352. The van der Waals surface area contributed by atoms with E-state index in [0.717, 1.165) is 0 Å². The Kier molecular flexibility index (Phi) is 5.75. The van der Waals surface area contributed by atoms with Gasteiger partial charge in [-0.3, -0.25) is 0 Å². The Morgan fingerprint density at radius 2 is 2.44 bits per heavy atom. The zero-order valence-electron chi connectivity index (χ0n) is 5.01. The number of hydrogen-bond acceptors (Lipinski definition) is 2. The fourth-order valence-corrected chi connectivity index (χ4v) is 0.388. The van der Waals surface area contributed by atoms with Crippen molar-refractivity contribution in [3.8, 4) is 12.3 Å². The van der Waals surface area contributed by atoms with Gasteiger partial charge in [0.25, 0.3) is 0 Å². The standard InChI is InChI=1S/C6H9ClO2/c1-2-3-9-5-6(8)4-7/h1,6,8H,3-5H2. The van der Waals surface area contributed by atoms with Gasteiger partial charge in [-0.25, -0.2) is 0 Å². The highest BCUT2D eigenvalue weighted by Gasteiger charge is 1.98. The minimum atomic E-state index is -0.597. The normalized spacial score (nSPS) is 12.6. The summed E-state index contributed by atoms with van der Waals surface area (Å²) >= 11 is 5.25.